The Morgan fingerprint density at radius 3 is 3.00 bits per heavy atom. The van der Waals surface area contributed by atoms with Crippen molar-refractivity contribution in [3.8, 4) is 17.6 Å². The average molecular weight is 324 g/mol. The summed E-state index contributed by atoms with van der Waals surface area (Å²) >= 11 is 0. The average Bonchev–Trinajstić information content (AvgIpc) is 3.30. The molecule has 2 N–H and O–H groups in total. The minimum atomic E-state index is -0.444. The van der Waals surface area contributed by atoms with Crippen LogP contribution in [-0.4, -0.2) is 33.5 Å². The molecule has 24 heavy (non-hydrogen) atoms. The van der Waals surface area contributed by atoms with Gasteiger partial charge in [0, 0.05) is 31.0 Å². The molecule has 0 aliphatic heterocycles. The molecule has 1 aliphatic rings. The van der Waals surface area contributed by atoms with E-state index in [1.807, 2.05) is 10.8 Å². The summed E-state index contributed by atoms with van der Waals surface area (Å²) in [5.74, 6) is 0.509. The molecular formula is C17H20N6O. The Morgan fingerprint density at radius 2 is 2.21 bits per heavy atom. The molecule has 7 nitrogen and oxygen atoms in total. The summed E-state index contributed by atoms with van der Waals surface area (Å²) in [7, 11) is 0. The lowest BCUT2D eigenvalue weighted by Crippen LogP contribution is -2.20. The van der Waals surface area contributed by atoms with Crippen LogP contribution in [0.1, 0.15) is 29.6 Å². The first-order chi connectivity index (χ1) is 11.8. The van der Waals surface area contributed by atoms with Crippen LogP contribution in [0, 0.1) is 17.4 Å². The lowest BCUT2D eigenvalue weighted by molar-refractivity contribution is 0.0973. The van der Waals surface area contributed by atoms with Crippen molar-refractivity contribution >= 4 is 5.91 Å². The third-order valence-corrected chi connectivity index (χ3v) is 4.06. The van der Waals surface area contributed by atoms with Crippen molar-refractivity contribution in [2.75, 3.05) is 13.1 Å². The zero-order valence-corrected chi connectivity index (χ0v) is 13.4. The second kappa shape index (κ2) is 7.70. The van der Waals surface area contributed by atoms with Crippen LogP contribution in [-0.2, 0) is 6.54 Å². The molecule has 0 spiro atoms. The van der Waals surface area contributed by atoms with Crippen molar-refractivity contribution in [1.82, 2.24) is 25.2 Å². The van der Waals surface area contributed by atoms with Crippen LogP contribution in [0.15, 0.2) is 30.9 Å². The smallest absolute Gasteiger partial charge is 0.264 e. The molecule has 0 radical (unpaired) electrons. The number of hydrogen-bond acceptors (Lipinski definition) is 5. The molecule has 2 heterocycles. The van der Waals surface area contributed by atoms with Gasteiger partial charge in [-0.05, 0) is 31.0 Å². The van der Waals surface area contributed by atoms with Gasteiger partial charge < -0.3 is 9.88 Å². The van der Waals surface area contributed by atoms with Gasteiger partial charge in [0.2, 0.25) is 0 Å². The first-order valence-electron chi connectivity index (χ1n) is 8.14. The van der Waals surface area contributed by atoms with E-state index in [0.717, 1.165) is 25.6 Å². The number of amides is 1. The Kier molecular flexibility index (Phi) is 5.18. The van der Waals surface area contributed by atoms with Crippen LogP contribution in [0.25, 0.3) is 11.4 Å². The lowest BCUT2D eigenvalue weighted by Gasteiger charge is -2.04. The van der Waals surface area contributed by atoms with E-state index < -0.39 is 5.91 Å². The number of nitriles is 1. The zero-order valence-electron chi connectivity index (χ0n) is 13.4. The van der Waals surface area contributed by atoms with Crippen LogP contribution >= 0.6 is 0 Å². The van der Waals surface area contributed by atoms with Crippen LogP contribution in [0.4, 0.5) is 0 Å². The minimum Gasteiger partial charge on any atom is -0.335 e. The summed E-state index contributed by atoms with van der Waals surface area (Å²) in [4.78, 5) is 20.3. The van der Waals surface area contributed by atoms with E-state index in [0.29, 0.717) is 17.0 Å². The Labute approximate surface area is 140 Å². The zero-order chi connectivity index (χ0) is 16.8. The van der Waals surface area contributed by atoms with Crippen molar-refractivity contribution in [2.24, 2.45) is 5.92 Å². The molecule has 0 bridgehead atoms. The molecule has 1 saturated carbocycles. The number of rotatable bonds is 8. The van der Waals surface area contributed by atoms with E-state index in [2.05, 4.69) is 20.6 Å². The molecule has 124 valence electrons. The van der Waals surface area contributed by atoms with Gasteiger partial charge in [-0.15, -0.1) is 0 Å². The number of imidazole rings is 1. The van der Waals surface area contributed by atoms with E-state index >= 15 is 0 Å². The molecule has 2 aromatic heterocycles. The largest absolute Gasteiger partial charge is 0.335 e. The molecule has 0 atom stereocenters. The van der Waals surface area contributed by atoms with Crippen molar-refractivity contribution in [1.29, 1.82) is 5.26 Å². The highest BCUT2D eigenvalue weighted by atomic mass is 16.1. The molecule has 0 saturated heterocycles. The highest BCUT2D eigenvalue weighted by molar-refractivity contribution is 5.95. The fourth-order valence-corrected chi connectivity index (χ4v) is 2.50. The molecule has 1 amide bonds. The fraction of sp³-hybridized carbons (Fsp3) is 0.412. The normalized spacial score (nSPS) is 13.5. The van der Waals surface area contributed by atoms with Crippen molar-refractivity contribution in [2.45, 2.75) is 25.8 Å². The van der Waals surface area contributed by atoms with Crippen molar-refractivity contribution in [3.05, 3.63) is 36.4 Å². The SMILES string of the molecule is N#CNC(=O)c1ccnc(-c2cn(CCNCCC3CC3)cn2)c1. The van der Waals surface area contributed by atoms with Gasteiger partial charge in [-0.3, -0.25) is 15.1 Å². The number of pyridine rings is 1. The van der Waals surface area contributed by atoms with Gasteiger partial charge in [0.15, 0.2) is 6.19 Å². The molecule has 1 aliphatic carbocycles. The number of carbonyl (C=O) groups is 1. The third kappa shape index (κ3) is 4.40. The van der Waals surface area contributed by atoms with Crippen LogP contribution in [0.3, 0.4) is 0 Å². The standard InChI is InChI=1S/C17H20N6O/c18-11-21-17(24)14-4-6-20-15(9-14)16-10-23(12-22-16)8-7-19-5-3-13-1-2-13/h4,6,9-10,12-13,19H,1-3,5,7-8H2,(H,21,24). The molecular weight excluding hydrogens is 304 g/mol. The molecule has 1 fully saturated rings. The Balaban J connectivity index is 1.55. The predicted octanol–water partition coefficient (Wildman–Crippen LogP) is 1.55. The van der Waals surface area contributed by atoms with Crippen molar-refractivity contribution in [3.63, 3.8) is 0 Å². The molecule has 7 heteroatoms. The number of aromatic nitrogens is 3. The lowest BCUT2D eigenvalue weighted by atomic mass is 10.2. The Bertz CT molecular complexity index is 744. The summed E-state index contributed by atoms with van der Waals surface area (Å²) in [5.41, 5.74) is 1.71. The van der Waals surface area contributed by atoms with E-state index in [1.165, 1.54) is 19.3 Å². The van der Waals surface area contributed by atoms with Gasteiger partial charge in [0.25, 0.3) is 5.91 Å². The van der Waals surface area contributed by atoms with Crippen molar-refractivity contribution < 1.29 is 4.79 Å². The maximum Gasteiger partial charge on any atom is 0.264 e. The highest BCUT2D eigenvalue weighted by Crippen LogP contribution is 2.31. The summed E-state index contributed by atoms with van der Waals surface area (Å²) in [6, 6.07) is 3.20. The topological polar surface area (TPSA) is 95.6 Å². The van der Waals surface area contributed by atoms with E-state index in [-0.39, 0.29) is 0 Å². The summed E-state index contributed by atoms with van der Waals surface area (Å²) in [5, 5.41) is 14.1. The summed E-state index contributed by atoms with van der Waals surface area (Å²) < 4.78 is 2.00. The number of nitrogens with one attached hydrogen (secondary N) is 2. The number of carbonyl (C=O) groups excluding carboxylic acids is 1. The quantitative estimate of drug-likeness (QED) is 0.436. The molecule has 2 aromatic rings. The third-order valence-electron chi connectivity index (χ3n) is 4.06. The van der Waals surface area contributed by atoms with Gasteiger partial charge in [-0.2, -0.15) is 5.26 Å². The monoisotopic (exact) mass is 324 g/mol. The first kappa shape index (κ1) is 16.1. The molecule has 0 unspecified atom stereocenters. The predicted molar refractivity (Wildman–Crippen MR) is 88.7 cm³/mol. The maximum absolute atomic E-state index is 11.7. The van der Waals surface area contributed by atoms with E-state index in [1.54, 1.807) is 30.9 Å². The van der Waals surface area contributed by atoms with E-state index in [9.17, 15) is 4.79 Å². The van der Waals surface area contributed by atoms with Crippen LogP contribution < -0.4 is 10.6 Å². The highest BCUT2D eigenvalue weighted by Gasteiger charge is 2.19. The van der Waals surface area contributed by atoms with Gasteiger partial charge in [-0.25, -0.2) is 4.98 Å². The Hall–Kier alpha value is -2.72. The van der Waals surface area contributed by atoms with Gasteiger partial charge in [-0.1, -0.05) is 12.8 Å². The Morgan fingerprint density at radius 1 is 1.33 bits per heavy atom. The van der Waals surface area contributed by atoms with Gasteiger partial charge in [0.1, 0.15) is 5.69 Å². The fourth-order valence-electron chi connectivity index (χ4n) is 2.50. The van der Waals surface area contributed by atoms with Gasteiger partial charge >= 0.3 is 0 Å². The number of nitrogens with zero attached hydrogens (tertiary/aromatic N) is 4. The first-order valence-corrected chi connectivity index (χ1v) is 8.14. The second-order valence-corrected chi connectivity index (χ2v) is 5.97. The van der Waals surface area contributed by atoms with E-state index in [4.69, 9.17) is 5.26 Å². The molecule has 0 aromatic carbocycles. The van der Waals surface area contributed by atoms with Gasteiger partial charge in [0.05, 0.1) is 12.0 Å². The minimum absolute atomic E-state index is 0.387. The second-order valence-electron chi connectivity index (χ2n) is 5.97. The maximum atomic E-state index is 11.7. The van der Waals surface area contributed by atoms with Crippen LogP contribution in [0.5, 0.6) is 0 Å². The van der Waals surface area contributed by atoms with Crippen LogP contribution in [0.2, 0.25) is 0 Å². The molecule has 3 rings (SSSR count). The summed E-state index contributed by atoms with van der Waals surface area (Å²) in [6.07, 6.45) is 10.9. The summed E-state index contributed by atoms with van der Waals surface area (Å²) in [6.45, 7) is 2.82. The number of hydrogen-bond donors (Lipinski definition) is 2.